The summed E-state index contributed by atoms with van der Waals surface area (Å²) < 4.78 is 1.95. The molecule has 4 heteroatoms. The van der Waals surface area contributed by atoms with E-state index in [0.717, 1.165) is 5.82 Å². The molecule has 0 aliphatic carbocycles. The molecule has 2 rings (SSSR count). The molecule has 0 unspecified atom stereocenters. The summed E-state index contributed by atoms with van der Waals surface area (Å²) in [6, 6.07) is 1.82. The van der Waals surface area contributed by atoms with Crippen molar-refractivity contribution in [3.8, 4) is 0 Å². The fourth-order valence-corrected chi connectivity index (χ4v) is 1.89. The van der Waals surface area contributed by atoms with E-state index in [-0.39, 0.29) is 5.41 Å². The summed E-state index contributed by atoms with van der Waals surface area (Å²) in [4.78, 5) is 8.43. The molecule has 0 aromatic carbocycles. The third kappa shape index (κ3) is 2.52. The van der Waals surface area contributed by atoms with Crippen LogP contribution in [0, 0.1) is 6.92 Å². The summed E-state index contributed by atoms with van der Waals surface area (Å²) in [6.45, 7) is 9.31. The number of rotatable bonds is 2. The Kier molecular flexibility index (Phi) is 2.96. The number of hydrogen-bond acceptors (Lipinski definition) is 3. The Morgan fingerprint density at radius 2 is 1.82 bits per heavy atom. The van der Waals surface area contributed by atoms with Gasteiger partial charge in [-0.25, -0.2) is 9.97 Å². The van der Waals surface area contributed by atoms with E-state index < -0.39 is 0 Å². The number of aromatic nitrogens is 4. The highest BCUT2D eigenvalue weighted by molar-refractivity contribution is 5.24. The number of nitrogens with zero attached hydrogens (tertiary/aromatic N) is 4. The van der Waals surface area contributed by atoms with Crippen molar-refractivity contribution >= 4 is 0 Å². The van der Waals surface area contributed by atoms with Gasteiger partial charge in [-0.3, -0.25) is 4.68 Å². The normalized spacial score (nSPS) is 11.8. The molecular formula is C13H18N4. The molecule has 0 fully saturated rings. The zero-order valence-electron chi connectivity index (χ0n) is 10.8. The van der Waals surface area contributed by atoms with Crippen molar-refractivity contribution in [2.24, 2.45) is 0 Å². The van der Waals surface area contributed by atoms with Gasteiger partial charge >= 0.3 is 0 Å². The van der Waals surface area contributed by atoms with E-state index in [1.54, 1.807) is 12.4 Å². The van der Waals surface area contributed by atoms with Crippen LogP contribution in [0.2, 0.25) is 0 Å². The molecule has 2 aromatic rings. The average Bonchev–Trinajstić information content (AvgIpc) is 2.61. The second-order valence-corrected chi connectivity index (χ2v) is 5.22. The van der Waals surface area contributed by atoms with Crippen LogP contribution in [-0.4, -0.2) is 19.7 Å². The van der Waals surface area contributed by atoms with Crippen LogP contribution in [0.4, 0.5) is 0 Å². The molecule has 0 saturated carbocycles. The minimum atomic E-state index is 0.125. The minimum absolute atomic E-state index is 0.125. The molecule has 4 nitrogen and oxygen atoms in total. The maximum Gasteiger partial charge on any atom is 0.149 e. The van der Waals surface area contributed by atoms with Crippen LogP contribution in [0.5, 0.6) is 0 Å². The molecular weight excluding hydrogens is 212 g/mol. The smallest absolute Gasteiger partial charge is 0.149 e. The van der Waals surface area contributed by atoms with E-state index in [4.69, 9.17) is 0 Å². The molecule has 0 bridgehead atoms. The van der Waals surface area contributed by atoms with Crippen LogP contribution in [-0.2, 0) is 12.0 Å². The van der Waals surface area contributed by atoms with Crippen molar-refractivity contribution in [2.45, 2.75) is 39.7 Å². The van der Waals surface area contributed by atoms with Crippen LogP contribution >= 0.6 is 0 Å². The van der Waals surface area contributed by atoms with Gasteiger partial charge in [0.25, 0.3) is 0 Å². The molecule has 2 aromatic heterocycles. The van der Waals surface area contributed by atoms with Crippen LogP contribution in [0.15, 0.2) is 24.7 Å². The molecule has 0 aliphatic rings. The molecule has 0 radical (unpaired) electrons. The quantitative estimate of drug-likeness (QED) is 0.795. The van der Waals surface area contributed by atoms with Crippen molar-refractivity contribution < 1.29 is 0 Å². The molecule has 0 N–H and O–H groups in total. The monoisotopic (exact) mass is 230 g/mol. The van der Waals surface area contributed by atoms with Gasteiger partial charge in [-0.15, -0.1) is 0 Å². The third-order valence-electron chi connectivity index (χ3n) is 2.82. The Bertz CT molecular complexity index is 494. The lowest BCUT2D eigenvalue weighted by Crippen LogP contribution is -2.13. The van der Waals surface area contributed by atoms with Crippen LogP contribution in [0.1, 0.15) is 37.9 Å². The molecule has 0 atom stereocenters. The van der Waals surface area contributed by atoms with Gasteiger partial charge in [0, 0.05) is 18.1 Å². The standard InChI is InChI=1S/C13H18N4/c1-10-11(13(2,3)4)8-16-17(10)9-12-14-6-5-7-15-12/h5-8H,9H2,1-4H3. The summed E-state index contributed by atoms with van der Waals surface area (Å²) in [5, 5.41) is 4.41. The van der Waals surface area contributed by atoms with Crippen LogP contribution in [0.25, 0.3) is 0 Å². The molecule has 0 spiro atoms. The summed E-state index contributed by atoms with van der Waals surface area (Å²) in [5.74, 6) is 0.791. The first-order valence-corrected chi connectivity index (χ1v) is 5.77. The Morgan fingerprint density at radius 1 is 1.18 bits per heavy atom. The van der Waals surface area contributed by atoms with Crippen LogP contribution < -0.4 is 0 Å². The molecule has 90 valence electrons. The van der Waals surface area contributed by atoms with Gasteiger partial charge in [0.1, 0.15) is 12.4 Å². The van der Waals surface area contributed by atoms with Gasteiger partial charge in [-0.05, 0) is 24.0 Å². The highest BCUT2D eigenvalue weighted by Gasteiger charge is 2.19. The third-order valence-corrected chi connectivity index (χ3v) is 2.82. The van der Waals surface area contributed by atoms with Gasteiger partial charge in [0.15, 0.2) is 0 Å². The SMILES string of the molecule is Cc1c(C(C)(C)C)cnn1Cc1ncccn1. The topological polar surface area (TPSA) is 43.6 Å². The second-order valence-electron chi connectivity index (χ2n) is 5.22. The van der Waals surface area contributed by atoms with Crippen molar-refractivity contribution in [1.82, 2.24) is 19.7 Å². The zero-order valence-corrected chi connectivity index (χ0v) is 10.8. The van der Waals surface area contributed by atoms with Crippen LogP contribution in [0.3, 0.4) is 0 Å². The Labute approximate surface area is 102 Å². The van der Waals surface area contributed by atoms with Gasteiger partial charge in [0.05, 0.1) is 6.20 Å². The molecule has 0 aliphatic heterocycles. The Hall–Kier alpha value is -1.71. The fraction of sp³-hybridized carbons (Fsp3) is 0.462. The first kappa shape index (κ1) is 11.8. The molecule has 17 heavy (non-hydrogen) atoms. The summed E-state index contributed by atoms with van der Waals surface area (Å²) in [6.07, 6.45) is 5.45. The molecule has 0 saturated heterocycles. The van der Waals surface area contributed by atoms with Gasteiger partial charge in [-0.1, -0.05) is 20.8 Å². The zero-order chi connectivity index (χ0) is 12.5. The maximum absolute atomic E-state index is 4.41. The van der Waals surface area contributed by atoms with Gasteiger partial charge < -0.3 is 0 Å². The fourth-order valence-electron chi connectivity index (χ4n) is 1.89. The van der Waals surface area contributed by atoms with Crippen molar-refractivity contribution in [2.75, 3.05) is 0 Å². The van der Waals surface area contributed by atoms with E-state index in [1.807, 2.05) is 16.9 Å². The predicted molar refractivity (Wildman–Crippen MR) is 66.8 cm³/mol. The second kappa shape index (κ2) is 4.28. The van der Waals surface area contributed by atoms with E-state index in [9.17, 15) is 0 Å². The van der Waals surface area contributed by atoms with Gasteiger partial charge in [-0.2, -0.15) is 5.10 Å². The van der Waals surface area contributed by atoms with E-state index in [0.29, 0.717) is 6.54 Å². The van der Waals surface area contributed by atoms with E-state index in [1.165, 1.54) is 11.3 Å². The summed E-state index contributed by atoms with van der Waals surface area (Å²) in [5.41, 5.74) is 2.58. The van der Waals surface area contributed by atoms with Gasteiger partial charge in [0.2, 0.25) is 0 Å². The van der Waals surface area contributed by atoms with E-state index >= 15 is 0 Å². The summed E-state index contributed by atoms with van der Waals surface area (Å²) >= 11 is 0. The Morgan fingerprint density at radius 3 is 2.35 bits per heavy atom. The first-order chi connectivity index (χ1) is 7.98. The predicted octanol–water partition coefficient (Wildman–Crippen LogP) is 2.33. The summed E-state index contributed by atoms with van der Waals surface area (Å²) in [7, 11) is 0. The van der Waals surface area contributed by atoms with Crippen molar-refractivity contribution in [3.05, 3.63) is 41.7 Å². The van der Waals surface area contributed by atoms with Crippen molar-refractivity contribution in [3.63, 3.8) is 0 Å². The van der Waals surface area contributed by atoms with E-state index in [2.05, 4.69) is 42.8 Å². The molecule has 0 amide bonds. The lowest BCUT2D eigenvalue weighted by atomic mass is 9.88. The highest BCUT2D eigenvalue weighted by Crippen LogP contribution is 2.25. The number of hydrogen-bond donors (Lipinski definition) is 0. The minimum Gasteiger partial charge on any atom is -0.262 e. The molecule has 2 heterocycles. The first-order valence-electron chi connectivity index (χ1n) is 5.77. The maximum atomic E-state index is 4.41. The largest absolute Gasteiger partial charge is 0.262 e. The lowest BCUT2D eigenvalue weighted by Gasteiger charge is -2.17. The Balaban J connectivity index is 2.27. The average molecular weight is 230 g/mol. The highest BCUT2D eigenvalue weighted by atomic mass is 15.3. The lowest BCUT2D eigenvalue weighted by molar-refractivity contribution is 0.577. The van der Waals surface area contributed by atoms with Crippen molar-refractivity contribution in [1.29, 1.82) is 0 Å².